The van der Waals surface area contributed by atoms with E-state index in [0.717, 1.165) is 11.1 Å². The van der Waals surface area contributed by atoms with Crippen LogP contribution in [0.2, 0.25) is 18.6 Å². The molecule has 0 aliphatic heterocycles. The van der Waals surface area contributed by atoms with Crippen LogP contribution in [0.3, 0.4) is 0 Å². The molecule has 0 heterocycles. The second-order valence-corrected chi connectivity index (χ2v) is 20.4. The van der Waals surface area contributed by atoms with Gasteiger partial charge in [0.1, 0.15) is 0 Å². The van der Waals surface area contributed by atoms with Crippen LogP contribution in [0.5, 0.6) is 0 Å². The molecule has 0 spiro atoms. The molecule has 0 N–H and O–H groups in total. The molecule has 1 fully saturated rings. The predicted octanol–water partition coefficient (Wildman–Crippen LogP) is 12.5. The largest absolute Gasteiger partial charge is 4.00 e. The molecule has 3 aliphatic rings. The van der Waals surface area contributed by atoms with Gasteiger partial charge in [0, 0.05) is 0 Å². The van der Waals surface area contributed by atoms with Crippen LogP contribution in [-0.2, 0) is 21.7 Å². The van der Waals surface area contributed by atoms with Crippen molar-refractivity contribution >= 4 is 8.24 Å². The summed E-state index contributed by atoms with van der Waals surface area (Å²) in [5, 5.41) is 0. The van der Waals surface area contributed by atoms with Gasteiger partial charge in [0.2, 0.25) is 0 Å². The Hall–Kier alpha value is -1.97. The van der Waals surface area contributed by atoms with Crippen LogP contribution in [0.15, 0.2) is 108 Å². The summed E-state index contributed by atoms with van der Waals surface area (Å²) >= 11 is 0. The third kappa shape index (κ3) is 11.7. The van der Waals surface area contributed by atoms with Crippen LogP contribution in [0.4, 0.5) is 0 Å². The maximum atomic E-state index is 5.51. The molecule has 0 bridgehead atoms. The molecule has 45 heavy (non-hydrogen) atoms. The van der Waals surface area contributed by atoms with Crippen molar-refractivity contribution < 1.29 is 21.7 Å². The number of allylic oxidation sites excluding steroid dienone is 8. The summed E-state index contributed by atoms with van der Waals surface area (Å²) in [5.41, 5.74) is 6.25. The van der Waals surface area contributed by atoms with Crippen molar-refractivity contribution in [2.24, 2.45) is 34.5 Å². The molecular weight excluding hydrogens is 594 g/mol. The van der Waals surface area contributed by atoms with Crippen molar-refractivity contribution in [2.75, 3.05) is 0 Å². The second-order valence-electron chi connectivity index (χ2n) is 16.2. The molecule has 1 saturated carbocycles. The fraction of sp³-hybridized carbons (Fsp3) is 0.452. The molecule has 0 aromatic heterocycles. The molecule has 4 unspecified atom stereocenters. The van der Waals surface area contributed by atoms with Gasteiger partial charge in [-0.25, -0.2) is 0 Å². The molecule has 5 rings (SSSR count). The van der Waals surface area contributed by atoms with Crippen LogP contribution in [0.25, 0.3) is 4.98 Å². The Bertz CT molecular complexity index is 1210. The Morgan fingerprint density at radius 1 is 0.578 bits per heavy atom. The second kappa shape index (κ2) is 16.2. The Morgan fingerprint density at radius 3 is 1.16 bits per heavy atom. The summed E-state index contributed by atoms with van der Waals surface area (Å²) in [7, 11) is -1.83. The van der Waals surface area contributed by atoms with Gasteiger partial charge in [0.15, 0.2) is 0 Å². The summed E-state index contributed by atoms with van der Waals surface area (Å²) in [6.45, 7) is 33.4. The van der Waals surface area contributed by atoms with Crippen molar-refractivity contribution in [1.82, 2.24) is 0 Å². The number of fused-ring (bicyclic) bond motifs is 3. The van der Waals surface area contributed by atoms with Crippen molar-refractivity contribution in [3.63, 3.8) is 0 Å². The van der Waals surface area contributed by atoms with E-state index >= 15 is 0 Å². The molecule has 2 aromatic carbocycles. The van der Waals surface area contributed by atoms with E-state index in [1.165, 1.54) is 11.1 Å². The first-order valence-corrected chi connectivity index (χ1v) is 19.1. The smallest absolute Gasteiger partial charge is 0.660 e. The Labute approximate surface area is 295 Å². The van der Waals surface area contributed by atoms with Gasteiger partial charge in [-0.2, -0.15) is 49.2 Å². The average Bonchev–Trinajstić information content (AvgIpc) is 3.22. The monoisotopic (exact) mass is 655 g/mol. The topological polar surface area (TPSA) is 14.1 Å². The van der Waals surface area contributed by atoms with Crippen LogP contribution in [-0.4, -0.2) is 13.8 Å². The minimum atomic E-state index is -1.83. The van der Waals surface area contributed by atoms with Crippen LogP contribution >= 0.6 is 0 Å². The number of nitrogens with zero attached hydrogens (tertiary/aromatic N) is 1. The first kappa shape index (κ1) is 41.1. The van der Waals surface area contributed by atoms with E-state index in [1.807, 2.05) is 60.7 Å². The number of benzene rings is 2. The third-order valence-corrected chi connectivity index (χ3v) is 12.4. The zero-order chi connectivity index (χ0) is 32.2. The van der Waals surface area contributed by atoms with E-state index in [1.54, 1.807) is 0 Å². The SMILES string of the molecule is CC(C)(C)[N-][Si](C)(C)C1C2C=C(C(C)(C)C)C=CC2C2C=CC(C(C)(C)C)=CC21.[CH2-]c1ccccc1.[CH2-]c1ccccc1.[CH3-].[Ti+4]. The normalized spacial score (nSPS) is 23.7. The Kier molecular flexibility index (Phi) is 14.8. The molecule has 4 atom stereocenters. The minimum absolute atomic E-state index is 0. The Morgan fingerprint density at radius 2 is 0.911 bits per heavy atom. The average molecular weight is 656 g/mol. The third-order valence-electron chi connectivity index (χ3n) is 8.76. The van der Waals surface area contributed by atoms with Crippen molar-refractivity contribution in [3.8, 4) is 0 Å². The van der Waals surface area contributed by atoms with Crippen LogP contribution in [0, 0.1) is 55.8 Å². The molecule has 3 heteroatoms. The van der Waals surface area contributed by atoms with Gasteiger partial charge in [0.05, 0.1) is 0 Å². The van der Waals surface area contributed by atoms with Crippen molar-refractivity contribution in [1.29, 1.82) is 0 Å². The van der Waals surface area contributed by atoms with Gasteiger partial charge in [-0.1, -0.05) is 138 Å². The standard InChI is InChI=1S/C27H44NSi.2C7H7.CH3.Ti/c1-25(2,3)18-12-14-20-21-15-13-19(26(4,5)6)17-23(21)24(22(20)16-18)29(10,11)28-27(7,8)9;2*1-7-5-3-2-4-6-7;;/h12-17,20-24H,1-11H3;2*2-6H,1H2;1H3;/q4*-1;+4. The first-order valence-electron chi connectivity index (χ1n) is 16.1. The van der Waals surface area contributed by atoms with E-state index in [0.29, 0.717) is 29.2 Å². The number of rotatable bonds is 2. The van der Waals surface area contributed by atoms with Gasteiger partial charge in [0.25, 0.3) is 0 Å². The molecule has 0 radical (unpaired) electrons. The van der Waals surface area contributed by atoms with E-state index in [-0.39, 0.29) is 45.5 Å². The van der Waals surface area contributed by atoms with E-state index in [9.17, 15) is 0 Å². The van der Waals surface area contributed by atoms with E-state index < -0.39 is 8.24 Å². The maximum Gasteiger partial charge on any atom is 4.00 e. The molecule has 3 aliphatic carbocycles. The molecule has 0 amide bonds. The minimum Gasteiger partial charge on any atom is -0.660 e. The molecule has 242 valence electrons. The summed E-state index contributed by atoms with van der Waals surface area (Å²) in [5.74, 6) is 2.45. The summed E-state index contributed by atoms with van der Waals surface area (Å²) in [6, 6.07) is 19.7. The maximum absolute atomic E-state index is 5.51. The Balaban J connectivity index is 0.000000519. The van der Waals surface area contributed by atoms with Gasteiger partial charge in [-0.05, 0) is 45.6 Å². The van der Waals surface area contributed by atoms with Crippen LogP contribution in [0.1, 0.15) is 73.4 Å². The molecule has 1 nitrogen and oxygen atoms in total. The van der Waals surface area contributed by atoms with E-state index in [2.05, 4.69) is 126 Å². The zero-order valence-electron chi connectivity index (χ0n) is 30.5. The van der Waals surface area contributed by atoms with E-state index in [4.69, 9.17) is 4.98 Å². The van der Waals surface area contributed by atoms with Crippen molar-refractivity contribution in [2.45, 2.75) is 86.5 Å². The van der Waals surface area contributed by atoms with Gasteiger partial charge in [-0.3, -0.25) is 0 Å². The summed E-state index contributed by atoms with van der Waals surface area (Å²) in [6.07, 6.45) is 15.2. The quantitative estimate of drug-likeness (QED) is 0.226. The first-order chi connectivity index (χ1) is 19.8. The number of hydrogen-bond acceptors (Lipinski definition) is 0. The summed E-state index contributed by atoms with van der Waals surface area (Å²) < 4.78 is 0. The van der Waals surface area contributed by atoms with Crippen LogP contribution < -0.4 is 0 Å². The predicted molar refractivity (Wildman–Crippen MR) is 200 cm³/mol. The van der Waals surface area contributed by atoms with Crippen molar-refractivity contribution in [3.05, 3.63) is 146 Å². The fourth-order valence-electron chi connectivity index (χ4n) is 6.98. The molecular formula is C42H61NSiTi. The van der Waals surface area contributed by atoms with Gasteiger partial charge in [-0.15, -0.1) is 29.8 Å². The zero-order valence-corrected chi connectivity index (χ0v) is 33.0. The molecule has 2 aromatic rings. The molecule has 0 saturated heterocycles. The number of hydrogen-bond donors (Lipinski definition) is 0. The van der Waals surface area contributed by atoms with Gasteiger partial charge >= 0.3 is 21.7 Å². The summed E-state index contributed by atoms with van der Waals surface area (Å²) in [4.78, 5) is 5.51. The fourth-order valence-corrected chi connectivity index (χ4v) is 11.4. The van der Waals surface area contributed by atoms with Gasteiger partial charge < -0.3 is 12.4 Å².